The molecule has 0 bridgehead atoms. The van der Waals surface area contributed by atoms with Crippen molar-refractivity contribution in [2.45, 2.75) is 89.8 Å². The normalized spacial score (nSPS) is 20.6. The van der Waals surface area contributed by atoms with Crippen molar-refractivity contribution in [2.24, 2.45) is 16.8 Å². The average molecular weight is 605 g/mol. The summed E-state index contributed by atoms with van der Waals surface area (Å²) in [7, 11) is -3.98. The standard InChI is InChI=1S/C33H40N4O5S/c1-4-41-20-25-17-24(19-37-31(18-23-13-14-23)34-29-11-7-5-10-28(29)33(37)38)15-16-26(25)27-9-6-8-12-30(27)43(39,40)36-32-21(2)22(3)42-35-32/h6,8-9,12,15-17,23,28-29H,4-5,7,10-11,13-14,18-20H2,1-3H3,(H,35,36). The van der Waals surface area contributed by atoms with Gasteiger partial charge in [-0.25, -0.2) is 8.42 Å². The topological polar surface area (TPSA) is 114 Å². The number of aryl methyl sites for hydroxylation is 1. The molecule has 2 aliphatic carbocycles. The van der Waals surface area contributed by atoms with Gasteiger partial charge in [0, 0.05) is 24.2 Å². The second kappa shape index (κ2) is 12.2. The maximum absolute atomic E-state index is 13.8. The molecule has 3 aliphatic rings. The number of nitrogens with one attached hydrogen (secondary N) is 1. The first-order chi connectivity index (χ1) is 20.7. The molecule has 3 aromatic rings. The van der Waals surface area contributed by atoms with Gasteiger partial charge in [0.05, 0.1) is 30.0 Å². The zero-order valence-corrected chi connectivity index (χ0v) is 26.0. The van der Waals surface area contributed by atoms with Crippen LogP contribution in [0.25, 0.3) is 11.1 Å². The maximum Gasteiger partial charge on any atom is 0.263 e. The number of rotatable bonds is 11. The van der Waals surface area contributed by atoms with Gasteiger partial charge in [-0.1, -0.05) is 54.4 Å². The first-order valence-corrected chi connectivity index (χ1v) is 16.9. The van der Waals surface area contributed by atoms with Crippen LogP contribution in [-0.2, 0) is 32.7 Å². The van der Waals surface area contributed by atoms with Crippen molar-refractivity contribution in [3.8, 4) is 11.1 Å². The molecule has 9 nitrogen and oxygen atoms in total. The van der Waals surface area contributed by atoms with Gasteiger partial charge in [0.1, 0.15) is 11.6 Å². The van der Waals surface area contributed by atoms with Gasteiger partial charge in [0.15, 0.2) is 5.82 Å². The molecule has 0 radical (unpaired) electrons. The van der Waals surface area contributed by atoms with E-state index in [0.717, 1.165) is 54.6 Å². The van der Waals surface area contributed by atoms with E-state index in [4.69, 9.17) is 14.3 Å². The highest BCUT2D eigenvalue weighted by Gasteiger charge is 2.41. The van der Waals surface area contributed by atoms with E-state index >= 15 is 0 Å². The molecule has 0 spiro atoms. The molecular weight excluding hydrogens is 564 g/mol. The zero-order valence-electron chi connectivity index (χ0n) is 25.1. The Morgan fingerprint density at radius 2 is 1.84 bits per heavy atom. The molecule has 1 N–H and O–H groups in total. The summed E-state index contributed by atoms with van der Waals surface area (Å²) in [6, 6.07) is 13.0. The highest BCUT2D eigenvalue weighted by Crippen LogP contribution is 2.39. The molecule has 228 valence electrons. The minimum absolute atomic E-state index is 0.0272. The summed E-state index contributed by atoms with van der Waals surface area (Å²) in [5, 5.41) is 3.89. The summed E-state index contributed by atoms with van der Waals surface area (Å²) in [5.74, 6) is 2.46. The third-order valence-corrected chi connectivity index (χ3v) is 10.3. The Morgan fingerprint density at radius 1 is 1.05 bits per heavy atom. The number of benzene rings is 2. The molecule has 1 aliphatic heterocycles. The van der Waals surface area contributed by atoms with Crippen molar-refractivity contribution in [3.63, 3.8) is 0 Å². The van der Waals surface area contributed by atoms with Crippen LogP contribution in [0, 0.1) is 25.7 Å². The highest BCUT2D eigenvalue weighted by molar-refractivity contribution is 7.92. The van der Waals surface area contributed by atoms with Gasteiger partial charge in [-0.3, -0.25) is 19.4 Å². The summed E-state index contributed by atoms with van der Waals surface area (Å²) in [6.07, 6.45) is 7.39. The van der Waals surface area contributed by atoms with Gasteiger partial charge < -0.3 is 9.26 Å². The minimum atomic E-state index is -3.98. The van der Waals surface area contributed by atoms with Gasteiger partial charge in [-0.05, 0) is 75.1 Å². The van der Waals surface area contributed by atoms with Crippen LogP contribution in [-0.4, -0.2) is 42.9 Å². The van der Waals surface area contributed by atoms with E-state index in [2.05, 4.69) is 9.88 Å². The first-order valence-electron chi connectivity index (χ1n) is 15.4. The zero-order chi connectivity index (χ0) is 30.1. The van der Waals surface area contributed by atoms with Gasteiger partial charge in [0.25, 0.3) is 10.0 Å². The Kier molecular flexibility index (Phi) is 8.42. The van der Waals surface area contributed by atoms with E-state index in [0.29, 0.717) is 42.6 Å². The Balaban J connectivity index is 1.33. The molecule has 2 atom stereocenters. The second-order valence-electron chi connectivity index (χ2n) is 12.0. The van der Waals surface area contributed by atoms with Crippen LogP contribution in [0.2, 0.25) is 0 Å². The molecule has 10 heteroatoms. The molecule has 1 aromatic heterocycles. The summed E-state index contributed by atoms with van der Waals surface area (Å²) in [6.45, 7) is 6.70. The number of aromatic nitrogens is 1. The Bertz CT molecular complexity index is 1640. The van der Waals surface area contributed by atoms with E-state index in [1.54, 1.807) is 32.0 Å². The molecule has 2 saturated carbocycles. The number of carbonyl (C=O) groups is 1. The Morgan fingerprint density at radius 3 is 2.58 bits per heavy atom. The van der Waals surface area contributed by atoms with E-state index in [-0.39, 0.29) is 28.6 Å². The molecule has 2 fully saturated rings. The van der Waals surface area contributed by atoms with Gasteiger partial charge in [0.2, 0.25) is 5.91 Å². The third kappa shape index (κ3) is 6.26. The first kappa shape index (κ1) is 29.6. The third-order valence-electron chi connectivity index (χ3n) is 8.93. The van der Waals surface area contributed by atoms with Crippen molar-refractivity contribution in [1.82, 2.24) is 10.1 Å². The lowest BCUT2D eigenvalue weighted by atomic mass is 9.82. The fraction of sp³-hybridized carbons (Fsp3) is 0.485. The lowest BCUT2D eigenvalue weighted by Gasteiger charge is -2.39. The number of hydrogen-bond acceptors (Lipinski definition) is 7. The van der Waals surface area contributed by atoms with Crippen LogP contribution in [0.3, 0.4) is 0 Å². The van der Waals surface area contributed by atoms with Crippen LogP contribution in [0.1, 0.15) is 74.3 Å². The number of fused-ring (bicyclic) bond motifs is 1. The summed E-state index contributed by atoms with van der Waals surface area (Å²) < 4.78 is 40.8. The van der Waals surface area contributed by atoms with Crippen LogP contribution in [0.5, 0.6) is 0 Å². The number of amides is 1. The predicted molar refractivity (Wildman–Crippen MR) is 165 cm³/mol. The van der Waals surface area contributed by atoms with Gasteiger partial charge in [-0.2, -0.15) is 0 Å². The largest absolute Gasteiger partial charge is 0.377 e. The summed E-state index contributed by atoms with van der Waals surface area (Å²) >= 11 is 0. The fourth-order valence-electron chi connectivity index (χ4n) is 6.20. The Labute approximate surface area is 253 Å². The van der Waals surface area contributed by atoms with Crippen LogP contribution in [0.4, 0.5) is 5.82 Å². The van der Waals surface area contributed by atoms with Gasteiger partial charge in [-0.15, -0.1) is 0 Å². The Hall–Kier alpha value is -3.50. The van der Waals surface area contributed by atoms with Crippen molar-refractivity contribution in [2.75, 3.05) is 11.3 Å². The highest BCUT2D eigenvalue weighted by atomic mass is 32.2. The van der Waals surface area contributed by atoms with E-state index in [9.17, 15) is 13.2 Å². The van der Waals surface area contributed by atoms with Gasteiger partial charge >= 0.3 is 0 Å². The molecule has 43 heavy (non-hydrogen) atoms. The molecule has 2 aromatic carbocycles. The number of aliphatic imine (C=N–C) groups is 1. The van der Waals surface area contributed by atoms with E-state index in [1.807, 2.05) is 36.1 Å². The van der Waals surface area contributed by atoms with Crippen LogP contribution < -0.4 is 4.72 Å². The lowest BCUT2D eigenvalue weighted by Crippen LogP contribution is -2.49. The van der Waals surface area contributed by atoms with Crippen molar-refractivity contribution < 1.29 is 22.5 Å². The van der Waals surface area contributed by atoms with E-state index in [1.165, 1.54) is 12.8 Å². The SMILES string of the molecule is CCOCc1cc(CN2C(=O)C3CCCCC3N=C2CC2CC2)ccc1-c1ccccc1S(=O)(=O)Nc1noc(C)c1C. The quantitative estimate of drug-likeness (QED) is 0.271. The number of carbonyl (C=O) groups excluding carboxylic acids is 1. The number of ether oxygens (including phenoxy) is 1. The minimum Gasteiger partial charge on any atom is -0.377 e. The van der Waals surface area contributed by atoms with Crippen molar-refractivity contribution in [3.05, 3.63) is 64.9 Å². The van der Waals surface area contributed by atoms with Crippen LogP contribution >= 0.6 is 0 Å². The number of anilines is 1. The molecule has 0 saturated heterocycles. The summed E-state index contributed by atoms with van der Waals surface area (Å²) in [5.41, 5.74) is 3.78. The molecule has 6 rings (SSSR count). The molecular formula is C33H40N4O5S. The number of nitrogens with zero attached hydrogens (tertiary/aromatic N) is 3. The van der Waals surface area contributed by atoms with Crippen molar-refractivity contribution >= 4 is 27.6 Å². The summed E-state index contributed by atoms with van der Waals surface area (Å²) in [4.78, 5) is 21.0. The average Bonchev–Trinajstić information content (AvgIpc) is 3.78. The van der Waals surface area contributed by atoms with E-state index < -0.39 is 10.0 Å². The predicted octanol–water partition coefficient (Wildman–Crippen LogP) is 6.40. The van der Waals surface area contributed by atoms with Crippen LogP contribution in [0.15, 0.2) is 56.9 Å². The fourth-order valence-corrected chi connectivity index (χ4v) is 7.48. The second-order valence-corrected chi connectivity index (χ2v) is 13.7. The molecule has 2 unspecified atom stereocenters. The number of hydrogen-bond donors (Lipinski definition) is 1. The van der Waals surface area contributed by atoms with Crippen molar-refractivity contribution in [1.29, 1.82) is 0 Å². The smallest absolute Gasteiger partial charge is 0.263 e. The number of amidine groups is 1. The number of sulfonamides is 1. The molecule has 1 amide bonds. The maximum atomic E-state index is 13.8. The monoisotopic (exact) mass is 604 g/mol. The lowest BCUT2D eigenvalue weighted by molar-refractivity contribution is -0.134. The molecule has 2 heterocycles.